The van der Waals surface area contributed by atoms with Crippen molar-refractivity contribution in [2.45, 2.75) is 26.7 Å². The second-order valence-corrected chi connectivity index (χ2v) is 3.49. The number of carbonyl (C=O) groups excluding carboxylic acids is 1. The summed E-state index contributed by atoms with van der Waals surface area (Å²) in [5.41, 5.74) is 1.63. The van der Waals surface area contributed by atoms with E-state index < -0.39 is 0 Å². The molecule has 14 heavy (non-hydrogen) atoms. The number of amides is 1. The highest BCUT2D eigenvalue weighted by atomic mass is 16.1. The first-order valence-corrected chi connectivity index (χ1v) is 4.89. The van der Waals surface area contributed by atoms with Crippen LogP contribution in [-0.2, 0) is 0 Å². The molecule has 1 N–H and O–H groups in total. The van der Waals surface area contributed by atoms with E-state index in [0.29, 0.717) is 18.2 Å². The van der Waals surface area contributed by atoms with Crippen molar-refractivity contribution in [3.8, 4) is 0 Å². The lowest BCUT2D eigenvalue weighted by Gasteiger charge is -2.05. The molecule has 0 spiro atoms. The van der Waals surface area contributed by atoms with E-state index in [0.717, 1.165) is 5.56 Å². The fraction of sp³-hybridized carbons (Fsp3) is 0.455. The van der Waals surface area contributed by atoms with Gasteiger partial charge in [-0.2, -0.15) is 0 Å². The maximum Gasteiger partial charge on any atom is 0.269 e. The zero-order chi connectivity index (χ0) is 10.6. The van der Waals surface area contributed by atoms with Crippen molar-refractivity contribution >= 4 is 5.91 Å². The maximum absolute atomic E-state index is 11.4. The Morgan fingerprint density at radius 1 is 1.50 bits per heavy atom. The SMILES string of the molecule is CCNC(=O)c1ccc(C(C)C)cn1. The number of nitrogens with one attached hydrogen (secondary N) is 1. The highest BCUT2D eigenvalue weighted by Gasteiger charge is 2.06. The largest absolute Gasteiger partial charge is 0.351 e. The molecule has 1 heterocycles. The standard InChI is InChI=1S/C11H16N2O/c1-4-12-11(14)10-6-5-9(7-13-10)8(2)3/h5-8H,4H2,1-3H3,(H,12,14). The van der Waals surface area contributed by atoms with Gasteiger partial charge in [-0.1, -0.05) is 19.9 Å². The van der Waals surface area contributed by atoms with Crippen LogP contribution in [-0.4, -0.2) is 17.4 Å². The normalized spacial score (nSPS) is 10.3. The minimum atomic E-state index is -0.109. The summed E-state index contributed by atoms with van der Waals surface area (Å²) < 4.78 is 0. The summed E-state index contributed by atoms with van der Waals surface area (Å²) in [6.07, 6.45) is 1.76. The molecule has 0 fully saturated rings. The first-order valence-electron chi connectivity index (χ1n) is 4.89. The number of aromatic nitrogens is 1. The molecule has 76 valence electrons. The van der Waals surface area contributed by atoms with Gasteiger partial charge in [0.2, 0.25) is 0 Å². The van der Waals surface area contributed by atoms with E-state index >= 15 is 0 Å². The summed E-state index contributed by atoms with van der Waals surface area (Å²) in [5, 5.41) is 2.71. The molecule has 0 radical (unpaired) electrons. The van der Waals surface area contributed by atoms with Crippen molar-refractivity contribution in [1.29, 1.82) is 0 Å². The second kappa shape index (κ2) is 4.74. The van der Waals surface area contributed by atoms with E-state index in [4.69, 9.17) is 0 Å². The van der Waals surface area contributed by atoms with Crippen molar-refractivity contribution < 1.29 is 4.79 Å². The molecule has 1 rings (SSSR count). The highest BCUT2D eigenvalue weighted by Crippen LogP contribution is 2.12. The predicted octanol–water partition coefficient (Wildman–Crippen LogP) is 1.95. The van der Waals surface area contributed by atoms with E-state index in [1.165, 1.54) is 0 Å². The summed E-state index contributed by atoms with van der Waals surface area (Å²) in [7, 11) is 0. The Morgan fingerprint density at radius 3 is 2.64 bits per heavy atom. The van der Waals surface area contributed by atoms with Gasteiger partial charge in [0.25, 0.3) is 5.91 Å². The Labute approximate surface area is 84.6 Å². The Morgan fingerprint density at radius 2 is 2.21 bits per heavy atom. The number of rotatable bonds is 3. The lowest BCUT2D eigenvalue weighted by molar-refractivity contribution is 0.0951. The summed E-state index contributed by atoms with van der Waals surface area (Å²) in [4.78, 5) is 15.5. The first-order chi connectivity index (χ1) is 6.65. The van der Waals surface area contributed by atoms with Gasteiger partial charge in [0.05, 0.1) is 0 Å². The highest BCUT2D eigenvalue weighted by molar-refractivity contribution is 5.92. The van der Waals surface area contributed by atoms with Crippen LogP contribution in [0.1, 0.15) is 42.7 Å². The molecule has 0 aromatic carbocycles. The fourth-order valence-electron chi connectivity index (χ4n) is 1.13. The molecule has 0 aliphatic heterocycles. The number of carbonyl (C=O) groups is 1. The molecule has 3 nitrogen and oxygen atoms in total. The van der Waals surface area contributed by atoms with Crippen LogP contribution in [0.15, 0.2) is 18.3 Å². The van der Waals surface area contributed by atoms with Gasteiger partial charge in [-0.3, -0.25) is 9.78 Å². The smallest absolute Gasteiger partial charge is 0.269 e. The third-order valence-electron chi connectivity index (χ3n) is 2.02. The van der Waals surface area contributed by atoms with Crippen LogP contribution in [0, 0.1) is 0 Å². The Balaban J connectivity index is 2.78. The number of hydrogen-bond donors (Lipinski definition) is 1. The molecule has 0 bridgehead atoms. The van der Waals surface area contributed by atoms with Gasteiger partial charge in [0, 0.05) is 12.7 Å². The topological polar surface area (TPSA) is 42.0 Å². The van der Waals surface area contributed by atoms with Gasteiger partial charge in [0.15, 0.2) is 0 Å². The molecule has 0 saturated carbocycles. The van der Waals surface area contributed by atoms with Gasteiger partial charge in [-0.25, -0.2) is 0 Å². The Hall–Kier alpha value is -1.38. The molecule has 1 aromatic rings. The number of pyridine rings is 1. The summed E-state index contributed by atoms with van der Waals surface area (Å²) in [6.45, 7) is 6.72. The molecular weight excluding hydrogens is 176 g/mol. The van der Waals surface area contributed by atoms with Gasteiger partial charge in [-0.05, 0) is 24.5 Å². The number of nitrogens with zero attached hydrogens (tertiary/aromatic N) is 1. The van der Waals surface area contributed by atoms with Crippen molar-refractivity contribution in [1.82, 2.24) is 10.3 Å². The van der Waals surface area contributed by atoms with Crippen LogP contribution in [0.25, 0.3) is 0 Å². The molecule has 0 unspecified atom stereocenters. The van der Waals surface area contributed by atoms with Crippen LogP contribution >= 0.6 is 0 Å². The van der Waals surface area contributed by atoms with Crippen LogP contribution in [0.4, 0.5) is 0 Å². The Kier molecular flexibility index (Phi) is 3.63. The molecule has 0 saturated heterocycles. The maximum atomic E-state index is 11.4. The summed E-state index contributed by atoms with van der Waals surface area (Å²) >= 11 is 0. The van der Waals surface area contributed by atoms with Gasteiger partial charge in [-0.15, -0.1) is 0 Å². The zero-order valence-corrected chi connectivity index (χ0v) is 8.87. The van der Waals surface area contributed by atoms with Crippen molar-refractivity contribution in [2.75, 3.05) is 6.54 Å². The van der Waals surface area contributed by atoms with E-state index in [-0.39, 0.29) is 5.91 Å². The molecule has 1 aromatic heterocycles. The van der Waals surface area contributed by atoms with Crippen LogP contribution < -0.4 is 5.32 Å². The molecule has 3 heteroatoms. The molecule has 1 amide bonds. The van der Waals surface area contributed by atoms with E-state index in [1.54, 1.807) is 12.3 Å². The van der Waals surface area contributed by atoms with Crippen LogP contribution in [0.3, 0.4) is 0 Å². The van der Waals surface area contributed by atoms with Crippen LogP contribution in [0.5, 0.6) is 0 Å². The molecule has 0 aliphatic rings. The van der Waals surface area contributed by atoms with E-state index in [1.807, 2.05) is 13.0 Å². The third kappa shape index (κ3) is 2.55. The average molecular weight is 192 g/mol. The van der Waals surface area contributed by atoms with Crippen LogP contribution in [0.2, 0.25) is 0 Å². The van der Waals surface area contributed by atoms with Gasteiger partial charge < -0.3 is 5.32 Å². The second-order valence-electron chi connectivity index (χ2n) is 3.49. The molecular formula is C11H16N2O. The Bertz CT molecular complexity index is 304. The zero-order valence-electron chi connectivity index (χ0n) is 8.87. The lowest BCUT2D eigenvalue weighted by Crippen LogP contribution is -2.23. The minimum Gasteiger partial charge on any atom is -0.351 e. The van der Waals surface area contributed by atoms with E-state index in [9.17, 15) is 4.79 Å². The van der Waals surface area contributed by atoms with Crippen molar-refractivity contribution in [3.05, 3.63) is 29.6 Å². The monoisotopic (exact) mass is 192 g/mol. The van der Waals surface area contributed by atoms with E-state index in [2.05, 4.69) is 24.1 Å². The van der Waals surface area contributed by atoms with Crippen molar-refractivity contribution in [3.63, 3.8) is 0 Å². The summed E-state index contributed by atoms with van der Waals surface area (Å²) in [6, 6.07) is 3.71. The minimum absolute atomic E-state index is 0.109. The fourth-order valence-corrected chi connectivity index (χ4v) is 1.13. The lowest BCUT2D eigenvalue weighted by atomic mass is 10.1. The molecule has 0 atom stereocenters. The molecule has 0 aliphatic carbocycles. The van der Waals surface area contributed by atoms with Gasteiger partial charge in [0.1, 0.15) is 5.69 Å². The summed E-state index contributed by atoms with van der Waals surface area (Å²) in [5.74, 6) is 0.341. The third-order valence-corrected chi connectivity index (χ3v) is 2.02. The first kappa shape index (κ1) is 10.7. The van der Waals surface area contributed by atoms with Gasteiger partial charge >= 0.3 is 0 Å². The van der Waals surface area contributed by atoms with Crippen molar-refractivity contribution in [2.24, 2.45) is 0 Å². The predicted molar refractivity (Wildman–Crippen MR) is 56.3 cm³/mol. The number of hydrogen-bond acceptors (Lipinski definition) is 2. The quantitative estimate of drug-likeness (QED) is 0.795. The average Bonchev–Trinajstić information content (AvgIpc) is 2.18.